The number of halogens is 2. The highest BCUT2D eigenvalue weighted by Gasteiger charge is 2.39. The zero-order valence-electron chi connectivity index (χ0n) is 9.40. The molecule has 2 rings (SSSR count). The van der Waals surface area contributed by atoms with E-state index in [2.05, 4.69) is 4.98 Å². The molecule has 1 unspecified atom stereocenters. The summed E-state index contributed by atoms with van der Waals surface area (Å²) in [5.41, 5.74) is 0.560. The molecule has 1 saturated carbocycles. The van der Waals surface area contributed by atoms with Gasteiger partial charge in [-0.2, -0.15) is 0 Å². The second-order valence-electron chi connectivity index (χ2n) is 4.42. The number of hydrogen-bond acceptors (Lipinski definition) is 3. The van der Waals surface area contributed by atoms with E-state index in [1.807, 2.05) is 0 Å². The summed E-state index contributed by atoms with van der Waals surface area (Å²) in [7, 11) is 0. The molecule has 17 heavy (non-hydrogen) atoms. The molecule has 1 aliphatic rings. The van der Waals surface area contributed by atoms with Crippen LogP contribution in [0.25, 0.3) is 0 Å². The maximum absolute atomic E-state index is 12.9. The summed E-state index contributed by atoms with van der Waals surface area (Å²) >= 11 is 0. The highest BCUT2D eigenvalue weighted by Crippen LogP contribution is 2.38. The van der Waals surface area contributed by atoms with Crippen molar-refractivity contribution in [3.63, 3.8) is 0 Å². The van der Waals surface area contributed by atoms with E-state index in [1.165, 1.54) is 6.20 Å². The van der Waals surface area contributed by atoms with Gasteiger partial charge in [0.15, 0.2) is 0 Å². The minimum atomic E-state index is -2.52. The van der Waals surface area contributed by atoms with Crippen LogP contribution < -0.4 is 4.74 Å². The lowest BCUT2D eigenvalue weighted by molar-refractivity contribution is 0.00291. The predicted molar refractivity (Wildman–Crippen MR) is 57.9 cm³/mol. The second kappa shape index (κ2) is 4.96. The monoisotopic (exact) mass is 243 g/mol. The first kappa shape index (κ1) is 12.2. The summed E-state index contributed by atoms with van der Waals surface area (Å²) in [6, 6.07) is 3.34. The van der Waals surface area contributed by atoms with Crippen molar-refractivity contribution in [2.45, 2.75) is 31.8 Å². The Hall–Kier alpha value is -1.23. The van der Waals surface area contributed by atoms with Crippen molar-refractivity contribution in [2.24, 2.45) is 5.92 Å². The standard InChI is InChI=1S/C12H15F2NO2/c13-12(14)4-3-9(5-12)8-17-11-2-1-10(7-16)15-6-11/h1-2,6,9,16H,3-5,7-8H2. The van der Waals surface area contributed by atoms with Crippen LogP contribution in [0.15, 0.2) is 18.3 Å². The minimum absolute atomic E-state index is 0.0390. The van der Waals surface area contributed by atoms with Crippen LogP contribution in [0.4, 0.5) is 8.78 Å². The average molecular weight is 243 g/mol. The molecule has 3 nitrogen and oxygen atoms in total. The third-order valence-corrected chi connectivity index (χ3v) is 2.95. The van der Waals surface area contributed by atoms with Crippen LogP contribution in [0.1, 0.15) is 25.0 Å². The lowest BCUT2D eigenvalue weighted by Crippen LogP contribution is -2.13. The fourth-order valence-electron chi connectivity index (χ4n) is 1.99. The number of aliphatic hydroxyl groups is 1. The Kier molecular flexibility index (Phi) is 3.57. The molecule has 94 valence electrons. The van der Waals surface area contributed by atoms with Crippen molar-refractivity contribution in [3.05, 3.63) is 24.0 Å². The molecule has 0 bridgehead atoms. The van der Waals surface area contributed by atoms with Gasteiger partial charge < -0.3 is 9.84 Å². The third kappa shape index (κ3) is 3.36. The molecule has 0 radical (unpaired) electrons. The molecule has 1 fully saturated rings. The Morgan fingerprint density at radius 3 is 2.82 bits per heavy atom. The molecule has 5 heteroatoms. The third-order valence-electron chi connectivity index (χ3n) is 2.95. The Labute approximate surface area is 98.4 Å². The highest BCUT2D eigenvalue weighted by atomic mass is 19.3. The highest BCUT2D eigenvalue weighted by molar-refractivity contribution is 5.19. The van der Waals surface area contributed by atoms with E-state index in [0.717, 1.165) is 0 Å². The van der Waals surface area contributed by atoms with Crippen LogP contribution in [0.2, 0.25) is 0 Å². The van der Waals surface area contributed by atoms with Crippen LogP contribution in [-0.4, -0.2) is 22.6 Å². The van der Waals surface area contributed by atoms with E-state index in [0.29, 0.717) is 24.5 Å². The zero-order valence-corrected chi connectivity index (χ0v) is 9.40. The molecule has 1 aromatic heterocycles. The van der Waals surface area contributed by atoms with Gasteiger partial charge in [0.25, 0.3) is 0 Å². The topological polar surface area (TPSA) is 42.4 Å². The van der Waals surface area contributed by atoms with Gasteiger partial charge in [-0.15, -0.1) is 0 Å². The van der Waals surface area contributed by atoms with E-state index < -0.39 is 5.92 Å². The summed E-state index contributed by atoms with van der Waals surface area (Å²) in [5.74, 6) is -2.05. The van der Waals surface area contributed by atoms with E-state index in [1.54, 1.807) is 12.1 Å². The summed E-state index contributed by atoms with van der Waals surface area (Å²) in [6.45, 7) is 0.185. The summed E-state index contributed by atoms with van der Waals surface area (Å²) < 4.78 is 31.3. The van der Waals surface area contributed by atoms with Crippen LogP contribution >= 0.6 is 0 Å². The van der Waals surface area contributed by atoms with Gasteiger partial charge >= 0.3 is 0 Å². The Balaban J connectivity index is 1.82. The van der Waals surface area contributed by atoms with Crippen molar-refractivity contribution < 1.29 is 18.6 Å². The fraction of sp³-hybridized carbons (Fsp3) is 0.583. The van der Waals surface area contributed by atoms with E-state index in [-0.39, 0.29) is 25.4 Å². The number of hydrogen-bond donors (Lipinski definition) is 1. The van der Waals surface area contributed by atoms with Gasteiger partial charge in [-0.1, -0.05) is 0 Å². The molecule has 1 atom stereocenters. The van der Waals surface area contributed by atoms with E-state index in [9.17, 15) is 8.78 Å². The van der Waals surface area contributed by atoms with Crippen molar-refractivity contribution in [1.29, 1.82) is 0 Å². The molecule has 1 N–H and O–H groups in total. The number of aliphatic hydroxyl groups excluding tert-OH is 1. The zero-order chi connectivity index (χ0) is 12.3. The average Bonchev–Trinajstić information content (AvgIpc) is 2.67. The van der Waals surface area contributed by atoms with Gasteiger partial charge in [0.2, 0.25) is 5.92 Å². The molecule has 1 heterocycles. The number of nitrogens with zero attached hydrogens (tertiary/aromatic N) is 1. The fourth-order valence-corrected chi connectivity index (χ4v) is 1.99. The molecular formula is C12H15F2NO2. The molecular weight excluding hydrogens is 228 g/mol. The van der Waals surface area contributed by atoms with Crippen LogP contribution in [-0.2, 0) is 6.61 Å². The van der Waals surface area contributed by atoms with Crippen LogP contribution in [0, 0.1) is 5.92 Å². The van der Waals surface area contributed by atoms with Crippen LogP contribution in [0.5, 0.6) is 5.75 Å². The summed E-state index contributed by atoms with van der Waals surface area (Å²) in [5, 5.41) is 8.80. The first-order chi connectivity index (χ1) is 8.09. The quantitative estimate of drug-likeness (QED) is 0.882. The van der Waals surface area contributed by atoms with Crippen molar-refractivity contribution in [3.8, 4) is 5.75 Å². The first-order valence-electron chi connectivity index (χ1n) is 5.65. The maximum Gasteiger partial charge on any atom is 0.248 e. The first-order valence-corrected chi connectivity index (χ1v) is 5.65. The minimum Gasteiger partial charge on any atom is -0.492 e. The lowest BCUT2D eigenvalue weighted by atomic mass is 10.1. The van der Waals surface area contributed by atoms with Gasteiger partial charge in [-0.05, 0) is 24.5 Å². The van der Waals surface area contributed by atoms with Crippen molar-refractivity contribution >= 4 is 0 Å². The molecule has 0 aliphatic heterocycles. The number of rotatable bonds is 4. The summed E-state index contributed by atoms with van der Waals surface area (Å²) in [6.07, 6.45) is 1.88. The van der Waals surface area contributed by atoms with E-state index >= 15 is 0 Å². The normalized spacial score (nSPS) is 22.6. The molecule has 1 aromatic rings. The number of aromatic nitrogens is 1. The number of alkyl halides is 2. The van der Waals surface area contributed by atoms with Crippen LogP contribution in [0.3, 0.4) is 0 Å². The Morgan fingerprint density at radius 1 is 1.47 bits per heavy atom. The molecule has 0 saturated heterocycles. The van der Waals surface area contributed by atoms with Gasteiger partial charge in [0, 0.05) is 12.8 Å². The van der Waals surface area contributed by atoms with Crippen molar-refractivity contribution in [1.82, 2.24) is 4.98 Å². The van der Waals surface area contributed by atoms with Crippen molar-refractivity contribution in [2.75, 3.05) is 6.61 Å². The predicted octanol–water partition coefficient (Wildman–Crippen LogP) is 2.39. The second-order valence-corrected chi connectivity index (χ2v) is 4.42. The SMILES string of the molecule is OCc1ccc(OCC2CCC(F)(F)C2)cn1. The lowest BCUT2D eigenvalue weighted by Gasteiger charge is -2.12. The molecule has 1 aliphatic carbocycles. The molecule has 0 aromatic carbocycles. The van der Waals surface area contributed by atoms with Gasteiger partial charge in [-0.25, -0.2) is 8.78 Å². The van der Waals surface area contributed by atoms with Gasteiger partial charge in [0.05, 0.1) is 25.1 Å². The Bertz CT molecular complexity index is 367. The van der Waals surface area contributed by atoms with E-state index in [4.69, 9.17) is 9.84 Å². The Morgan fingerprint density at radius 2 is 2.29 bits per heavy atom. The summed E-state index contributed by atoms with van der Waals surface area (Å²) in [4.78, 5) is 3.95. The van der Waals surface area contributed by atoms with Gasteiger partial charge in [0.1, 0.15) is 5.75 Å². The number of pyridine rings is 1. The largest absolute Gasteiger partial charge is 0.492 e. The van der Waals surface area contributed by atoms with Gasteiger partial charge in [-0.3, -0.25) is 4.98 Å². The molecule has 0 amide bonds. The molecule has 0 spiro atoms. The smallest absolute Gasteiger partial charge is 0.248 e. The maximum atomic E-state index is 12.9. The number of ether oxygens (including phenoxy) is 1.